The molecule has 1 aliphatic carbocycles. The Morgan fingerprint density at radius 2 is 1.68 bits per heavy atom. The van der Waals surface area contributed by atoms with E-state index in [0.29, 0.717) is 24.4 Å². The van der Waals surface area contributed by atoms with Gasteiger partial charge >= 0.3 is 0 Å². The van der Waals surface area contributed by atoms with Crippen LogP contribution in [0.25, 0.3) is 0 Å². The third kappa shape index (κ3) is 3.18. The highest BCUT2D eigenvalue weighted by atomic mass is 35.5. The summed E-state index contributed by atoms with van der Waals surface area (Å²) in [5, 5.41) is 0. The van der Waals surface area contributed by atoms with Gasteiger partial charge in [-0.05, 0) is 44.4 Å². The van der Waals surface area contributed by atoms with Gasteiger partial charge in [0, 0.05) is 26.2 Å². The van der Waals surface area contributed by atoms with Gasteiger partial charge in [-0.3, -0.25) is 4.79 Å². The maximum atomic E-state index is 12.9. The van der Waals surface area contributed by atoms with E-state index in [-0.39, 0.29) is 19.0 Å². The first-order chi connectivity index (χ1) is 11.5. The van der Waals surface area contributed by atoms with E-state index in [1.807, 2.05) is 19.1 Å². The highest BCUT2D eigenvalue weighted by Crippen LogP contribution is 2.64. The van der Waals surface area contributed by atoms with Crippen LogP contribution in [0.5, 0.6) is 0 Å². The molecule has 1 heterocycles. The number of alkyl halides is 2. The lowest BCUT2D eigenvalue weighted by Crippen LogP contribution is -2.52. The summed E-state index contributed by atoms with van der Waals surface area (Å²) in [5.41, 5.74) is 0.869. The number of nitrogens with zero attached hydrogens (tertiary/aromatic N) is 2. The van der Waals surface area contributed by atoms with E-state index in [1.54, 1.807) is 24.8 Å². The van der Waals surface area contributed by atoms with E-state index in [4.69, 9.17) is 23.2 Å². The van der Waals surface area contributed by atoms with Gasteiger partial charge in [0.05, 0.1) is 10.3 Å². The van der Waals surface area contributed by atoms with Crippen molar-refractivity contribution in [2.45, 2.75) is 36.4 Å². The lowest BCUT2D eigenvalue weighted by molar-refractivity contribution is -0.137. The van der Waals surface area contributed by atoms with E-state index in [0.717, 1.165) is 11.1 Å². The third-order valence-corrected chi connectivity index (χ3v) is 8.36. The molecule has 1 aromatic rings. The Bertz CT molecular complexity index is 817. The van der Waals surface area contributed by atoms with Crippen molar-refractivity contribution in [3.8, 4) is 0 Å². The summed E-state index contributed by atoms with van der Waals surface area (Å²) in [7, 11) is -3.56. The number of rotatable bonds is 3. The first kappa shape index (κ1) is 19.0. The first-order valence-electron chi connectivity index (χ1n) is 8.24. The average Bonchev–Trinajstić information content (AvgIpc) is 3.08. The van der Waals surface area contributed by atoms with Gasteiger partial charge in [0.2, 0.25) is 15.9 Å². The average molecular weight is 405 g/mol. The zero-order valence-corrected chi connectivity index (χ0v) is 16.9. The van der Waals surface area contributed by atoms with Crippen LogP contribution in [0.2, 0.25) is 0 Å². The largest absolute Gasteiger partial charge is 0.339 e. The van der Waals surface area contributed by atoms with Crippen molar-refractivity contribution >= 4 is 39.1 Å². The monoisotopic (exact) mass is 404 g/mol. The standard InChI is InChI=1S/C17H22Cl2N2O3S/c1-12-4-5-13(2)14(10-12)25(23,24)21-8-6-20(7-9-21)15(22)16(3)11-17(16,18)19/h4-5,10H,6-9,11H2,1-3H3. The molecule has 8 heteroatoms. The van der Waals surface area contributed by atoms with Gasteiger partial charge in [0.15, 0.2) is 0 Å². The number of aryl methyl sites for hydroxylation is 2. The van der Waals surface area contributed by atoms with Gasteiger partial charge in [-0.1, -0.05) is 12.1 Å². The van der Waals surface area contributed by atoms with Crippen molar-refractivity contribution in [3.05, 3.63) is 29.3 Å². The van der Waals surface area contributed by atoms with E-state index < -0.39 is 19.8 Å². The Hall–Kier alpha value is -0.820. The van der Waals surface area contributed by atoms with Gasteiger partial charge in [-0.25, -0.2) is 8.42 Å². The number of hydrogen-bond acceptors (Lipinski definition) is 3. The summed E-state index contributed by atoms with van der Waals surface area (Å²) < 4.78 is 26.3. The second-order valence-corrected chi connectivity index (χ2v) is 10.6. The minimum Gasteiger partial charge on any atom is -0.339 e. The first-order valence-corrected chi connectivity index (χ1v) is 10.4. The number of sulfonamides is 1. The van der Waals surface area contributed by atoms with Crippen molar-refractivity contribution in [2.75, 3.05) is 26.2 Å². The highest BCUT2D eigenvalue weighted by Gasteiger charge is 2.68. The minimum absolute atomic E-state index is 0.0960. The summed E-state index contributed by atoms with van der Waals surface area (Å²) >= 11 is 12.2. The quantitative estimate of drug-likeness (QED) is 0.727. The lowest BCUT2D eigenvalue weighted by atomic mass is 10.1. The van der Waals surface area contributed by atoms with Crippen molar-refractivity contribution in [1.29, 1.82) is 0 Å². The van der Waals surface area contributed by atoms with Crippen LogP contribution in [0, 0.1) is 19.3 Å². The Morgan fingerprint density at radius 3 is 2.20 bits per heavy atom. The number of benzene rings is 1. The maximum absolute atomic E-state index is 12.9. The van der Waals surface area contributed by atoms with Gasteiger partial charge in [0.1, 0.15) is 4.33 Å². The van der Waals surface area contributed by atoms with Gasteiger partial charge in [0.25, 0.3) is 0 Å². The molecule has 2 aliphatic rings. The minimum atomic E-state index is -3.56. The van der Waals surface area contributed by atoms with E-state index >= 15 is 0 Å². The molecule has 25 heavy (non-hydrogen) atoms. The molecule has 1 saturated carbocycles. The van der Waals surface area contributed by atoms with Crippen LogP contribution < -0.4 is 0 Å². The normalized spacial score (nSPS) is 26.5. The van der Waals surface area contributed by atoms with Crippen LogP contribution in [0.1, 0.15) is 24.5 Å². The molecule has 0 bridgehead atoms. The fraction of sp³-hybridized carbons (Fsp3) is 0.588. The summed E-state index contributed by atoms with van der Waals surface area (Å²) in [6.45, 7) is 6.67. The van der Waals surface area contributed by atoms with Crippen molar-refractivity contribution in [3.63, 3.8) is 0 Å². The van der Waals surface area contributed by atoms with Crippen molar-refractivity contribution in [2.24, 2.45) is 5.41 Å². The Kier molecular flexibility index (Phi) is 4.64. The van der Waals surface area contributed by atoms with Crippen molar-refractivity contribution in [1.82, 2.24) is 9.21 Å². The Morgan fingerprint density at radius 1 is 1.12 bits per heavy atom. The predicted octanol–water partition coefficient (Wildman–Crippen LogP) is 2.72. The molecule has 0 spiro atoms. The smallest absolute Gasteiger partial charge is 0.243 e. The van der Waals surface area contributed by atoms with E-state index in [9.17, 15) is 13.2 Å². The molecule has 5 nitrogen and oxygen atoms in total. The second kappa shape index (κ2) is 6.12. The van der Waals surface area contributed by atoms with Crippen molar-refractivity contribution < 1.29 is 13.2 Å². The summed E-state index contributed by atoms with van der Waals surface area (Å²) in [5.74, 6) is -0.0960. The molecule has 1 amide bonds. The predicted molar refractivity (Wildman–Crippen MR) is 98.4 cm³/mol. The van der Waals surface area contributed by atoms with Gasteiger partial charge in [-0.15, -0.1) is 23.2 Å². The highest BCUT2D eigenvalue weighted by molar-refractivity contribution is 7.89. The molecule has 1 saturated heterocycles. The van der Waals surface area contributed by atoms with Gasteiger partial charge < -0.3 is 4.90 Å². The summed E-state index contributed by atoms with van der Waals surface area (Å²) in [6.07, 6.45) is 0.433. The number of carbonyl (C=O) groups is 1. The molecule has 3 rings (SSSR count). The molecule has 1 aromatic carbocycles. The molecule has 0 radical (unpaired) electrons. The Balaban J connectivity index is 1.72. The van der Waals surface area contributed by atoms with E-state index in [2.05, 4.69) is 0 Å². The van der Waals surface area contributed by atoms with Gasteiger partial charge in [-0.2, -0.15) is 4.31 Å². The van der Waals surface area contributed by atoms with Crippen LogP contribution >= 0.6 is 23.2 Å². The number of carbonyl (C=O) groups excluding carboxylic acids is 1. The molecule has 1 aliphatic heterocycles. The fourth-order valence-corrected chi connectivity index (χ4v) is 5.66. The number of piperazine rings is 1. The molecular weight excluding hydrogens is 383 g/mol. The van der Waals surface area contributed by atoms with E-state index in [1.165, 1.54) is 4.31 Å². The third-order valence-electron chi connectivity index (χ3n) is 5.22. The number of amides is 1. The topological polar surface area (TPSA) is 57.7 Å². The molecule has 1 unspecified atom stereocenters. The lowest BCUT2D eigenvalue weighted by Gasteiger charge is -2.35. The van der Waals surface area contributed by atoms with Crippen LogP contribution in [0.4, 0.5) is 0 Å². The number of halogens is 2. The van der Waals surface area contributed by atoms with Crippen LogP contribution in [-0.4, -0.2) is 54.0 Å². The second-order valence-electron chi connectivity index (χ2n) is 7.18. The zero-order chi connectivity index (χ0) is 18.6. The maximum Gasteiger partial charge on any atom is 0.243 e. The molecule has 1 atom stereocenters. The molecular formula is C17H22Cl2N2O3S. The van der Waals surface area contributed by atoms with Crippen LogP contribution in [0.3, 0.4) is 0 Å². The summed E-state index contributed by atoms with van der Waals surface area (Å²) in [6, 6.07) is 5.41. The SMILES string of the molecule is Cc1ccc(C)c(S(=O)(=O)N2CCN(C(=O)C3(C)CC3(Cl)Cl)CC2)c1. The van der Waals surface area contributed by atoms with Crippen LogP contribution in [-0.2, 0) is 14.8 Å². The Labute approximate surface area is 158 Å². The fourth-order valence-electron chi connectivity index (χ4n) is 3.24. The molecule has 0 N–H and O–H groups in total. The molecule has 0 aromatic heterocycles. The summed E-state index contributed by atoms with van der Waals surface area (Å²) in [4.78, 5) is 14.6. The molecule has 138 valence electrons. The number of hydrogen-bond donors (Lipinski definition) is 0. The van der Waals surface area contributed by atoms with Crippen LogP contribution in [0.15, 0.2) is 23.1 Å². The zero-order valence-electron chi connectivity index (χ0n) is 14.6. The molecule has 2 fully saturated rings.